The molecule has 0 atom stereocenters. The molecule has 0 saturated carbocycles. The van der Waals surface area contributed by atoms with Crippen LogP contribution in [0, 0.1) is 27.7 Å². The van der Waals surface area contributed by atoms with Gasteiger partial charge in [0.25, 0.3) is 5.91 Å². The van der Waals surface area contributed by atoms with Crippen LogP contribution >= 0.6 is 11.8 Å². The number of benzene rings is 1. The maximum absolute atomic E-state index is 12.7. The Hall–Kier alpha value is -2.41. The second-order valence-electron chi connectivity index (χ2n) is 7.21. The number of aryl methyl sites for hydroxylation is 4. The van der Waals surface area contributed by atoms with Crippen LogP contribution in [0.25, 0.3) is 0 Å². The van der Waals surface area contributed by atoms with E-state index in [-0.39, 0.29) is 24.3 Å². The Kier molecular flexibility index (Phi) is 7.18. The van der Waals surface area contributed by atoms with Gasteiger partial charge in [0, 0.05) is 11.6 Å². The van der Waals surface area contributed by atoms with Gasteiger partial charge in [-0.05, 0) is 45.1 Å². The van der Waals surface area contributed by atoms with Crippen LogP contribution in [-0.4, -0.2) is 34.6 Å². The number of carbonyl (C=O) groups is 2. The highest BCUT2D eigenvalue weighted by atomic mass is 32.2. The van der Waals surface area contributed by atoms with Crippen LogP contribution in [0.15, 0.2) is 17.2 Å². The summed E-state index contributed by atoms with van der Waals surface area (Å²) in [5.74, 6) is 0.270. The molecular weight excluding hydrogens is 372 g/mol. The summed E-state index contributed by atoms with van der Waals surface area (Å²) in [6, 6.07) is 4.03. The third kappa shape index (κ3) is 5.10. The lowest BCUT2D eigenvalue weighted by atomic mass is 10.1. The highest BCUT2D eigenvalue weighted by Gasteiger charge is 2.20. The second-order valence-corrected chi connectivity index (χ2v) is 8.01. The molecule has 2 rings (SSSR count). The molecule has 28 heavy (non-hydrogen) atoms. The minimum Gasteiger partial charge on any atom is -0.343 e. The molecule has 6 nitrogen and oxygen atoms in total. The number of nitrogens with zero attached hydrogens (tertiary/aromatic N) is 2. The van der Waals surface area contributed by atoms with Crippen molar-refractivity contribution < 1.29 is 9.59 Å². The number of amides is 2. The molecule has 0 radical (unpaired) electrons. The van der Waals surface area contributed by atoms with Gasteiger partial charge in [0.15, 0.2) is 0 Å². The lowest BCUT2D eigenvalue weighted by molar-refractivity contribution is -0.115. The van der Waals surface area contributed by atoms with Gasteiger partial charge >= 0.3 is 0 Å². The van der Waals surface area contributed by atoms with Crippen molar-refractivity contribution in [2.45, 2.75) is 52.5 Å². The molecule has 7 heteroatoms. The van der Waals surface area contributed by atoms with E-state index in [0.717, 1.165) is 22.4 Å². The van der Waals surface area contributed by atoms with Crippen molar-refractivity contribution in [3.05, 3.63) is 45.9 Å². The third-order valence-corrected chi connectivity index (χ3v) is 5.04. The zero-order valence-electron chi connectivity index (χ0n) is 17.6. The van der Waals surface area contributed by atoms with Crippen LogP contribution < -0.4 is 10.6 Å². The van der Waals surface area contributed by atoms with Crippen molar-refractivity contribution in [2.24, 2.45) is 0 Å². The van der Waals surface area contributed by atoms with E-state index in [9.17, 15) is 9.59 Å². The summed E-state index contributed by atoms with van der Waals surface area (Å²) in [6.45, 7) is 11.6. The predicted molar refractivity (Wildman–Crippen MR) is 114 cm³/mol. The Balaban J connectivity index is 2.11. The number of rotatable bonds is 6. The maximum atomic E-state index is 12.7. The molecule has 0 bridgehead atoms. The fraction of sp³-hybridized carbons (Fsp3) is 0.429. The summed E-state index contributed by atoms with van der Waals surface area (Å²) < 4.78 is 0. The van der Waals surface area contributed by atoms with Gasteiger partial charge in [0.05, 0.1) is 17.8 Å². The molecule has 0 unspecified atom stereocenters. The molecule has 0 saturated heterocycles. The SMILES string of the molecule is CSc1nc(C(C)C)nc(C)c1C(=O)NCC(=O)Nc1c(C)cc(C)cc1C. The molecule has 2 aromatic rings. The summed E-state index contributed by atoms with van der Waals surface area (Å²) in [5.41, 5.74) is 4.96. The normalized spacial score (nSPS) is 10.9. The van der Waals surface area contributed by atoms with Crippen molar-refractivity contribution in [2.75, 3.05) is 18.1 Å². The Bertz CT molecular complexity index is 887. The molecule has 1 heterocycles. The lowest BCUT2D eigenvalue weighted by Crippen LogP contribution is -2.34. The number of hydrogen-bond acceptors (Lipinski definition) is 5. The highest BCUT2D eigenvalue weighted by Crippen LogP contribution is 2.23. The van der Waals surface area contributed by atoms with Crippen molar-refractivity contribution in [3.63, 3.8) is 0 Å². The minimum atomic E-state index is -0.343. The van der Waals surface area contributed by atoms with Gasteiger partial charge in [0.1, 0.15) is 10.9 Å². The quantitative estimate of drug-likeness (QED) is 0.567. The fourth-order valence-electron chi connectivity index (χ4n) is 3.04. The highest BCUT2D eigenvalue weighted by molar-refractivity contribution is 7.98. The van der Waals surface area contributed by atoms with Crippen LogP contribution in [0.3, 0.4) is 0 Å². The second kappa shape index (κ2) is 9.19. The summed E-state index contributed by atoms with van der Waals surface area (Å²) in [6.07, 6.45) is 1.87. The number of thioether (sulfide) groups is 1. The Morgan fingerprint density at radius 3 is 2.21 bits per heavy atom. The van der Waals surface area contributed by atoms with Crippen LogP contribution in [0.1, 0.15) is 58.3 Å². The summed E-state index contributed by atoms with van der Waals surface area (Å²) in [5, 5.41) is 6.20. The summed E-state index contributed by atoms with van der Waals surface area (Å²) >= 11 is 1.40. The van der Waals surface area contributed by atoms with E-state index in [2.05, 4.69) is 20.6 Å². The first kappa shape index (κ1) is 21.9. The van der Waals surface area contributed by atoms with Crippen LogP contribution in [0.2, 0.25) is 0 Å². The van der Waals surface area contributed by atoms with Gasteiger partial charge in [-0.3, -0.25) is 9.59 Å². The van der Waals surface area contributed by atoms with Crippen molar-refractivity contribution >= 4 is 29.3 Å². The van der Waals surface area contributed by atoms with Crippen LogP contribution in [0.4, 0.5) is 5.69 Å². The molecule has 0 fully saturated rings. The van der Waals surface area contributed by atoms with Gasteiger partial charge in [-0.15, -0.1) is 11.8 Å². The summed E-state index contributed by atoms with van der Waals surface area (Å²) in [4.78, 5) is 34.0. The predicted octanol–water partition coefficient (Wildman–Crippen LogP) is 3.92. The standard InChI is InChI=1S/C21H28N4O2S/c1-11(2)19-23-15(6)17(21(25-19)28-7)20(27)22-10-16(26)24-18-13(4)8-12(3)9-14(18)5/h8-9,11H,10H2,1-7H3,(H,22,27)(H,24,26). The van der Waals surface area contributed by atoms with Crippen LogP contribution in [0.5, 0.6) is 0 Å². The molecule has 150 valence electrons. The van der Waals surface area contributed by atoms with Crippen molar-refractivity contribution in [3.8, 4) is 0 Å². The summed E-state index contributed by atoms with van der Waals surface area (Å²) in [7, 11) is 0. The van der Waals surface area contributed by atoms with Gasteiger partial charge in [-0.2, -0.15) is 0 Å². The molecule has 2 N–H and O–H groups in total. The number of hydrogen-bond donors (Lipinski definition) is 2. The molecule has 1 aromatic carbocycles. The van der Waals surface area contributed by atoms with E-state index in [1.807, 2.05) is 53.0 Å². The number of anilines is 1. The van der Waals surface area contributed by atoms with Gasteiger partial charge in [0.2, 0.25) is 5.91 Å². The molecule has 0 spiro atoms. The zero-order valence-corrected chi connectivity index (χ0v) is 18.4. The first-order chi connectivity index (χ1) is 13.1. The minimum absolute atomic E-state index is 0.120. The first-order valence-corrected chi connectivity index (χ1v) is 10.4. The third-order valence-electron chi connectivity index (χ3n) is 4.36. The average Bonchev–Trinajstić information content (AvgIpc) is 2.61. The van der Waals surface area contributed by atoms with E-state index in [0.29, 0.717) is 22.1 Å². The zero-order chi connectivity index (χ0) is 21.0. The fourth-order valence-corrected chi connectivity index (χ4v) is 3.67. The first-order valence-electron chi connectivity index (χ1n) is 9.22. The van der Waals surface area contributed by atoms with Crippen molar-refractivity contribution in [1.29, 1.82) is 0 Å². The number of carbonyl (C=O) groups excluding carboxylic acids is 2. The largest absolute Gasteiger partial charge is 0.343 e. The monoisotopic (exact) mass is 400 g/mol. The van der Waals surface area contributed by atoms with E-state index < -0.39 is 0 Å². The van der Waals surface area contributed by atoms with Gasteiger partial charge in [-0.25, -0.2) is 9.97 Å². The van der Waals surface area contributed by atoms with Gasteiger partial charge in [-0.1, -0.05) is 31.5 Å². The van der Waals surface area contributed by atoms with E-state index >= 15 is 0 Å². The molecule has 0 aliphatic heterocycles. The number of aromatic nitrogens is 2. The Morgan fingerprint density at radius 1 is 1.07 bits per heavy atom. The van der Waals surface area contributed by atoms with E-state index in [4.69, 9.17) is 0 Å². The Labute approximate surface area is 170 Å². The molecular formula is C21H28N4O2S. The van der Waals surface area contributed by atoms with Gasteiger partial charge < -0.3 is 10.6 Å². The Morgan fingerprint density at radius 2 is 1.68 bits per heavy atom. The average molecular weight is 401 g/mol. The lowest BCUT2D eigenvalue weighted by Gasteiger charge is -2.15. The maximum Gasteiger partial charge on any atom is 0.256 e. The van der Waals surface area contributed by atoms with Crippen LogP contribution in [-0.2, 0) is 4.79 Å². The number of nitrogens with one attached hydrogen (secondary N) is 2. The van der Waals surface area contributed by atoms with E-state index in [1.165, 1.54) is 11.8 Å². The molecule has 2 amide bonds. The smallest absolute Gasteiger partial charge is 0.256 e. The van der Waals surface area contributed by atoms with E-state index in [1.54, 1.807) is 6.92 Å². The molecule has 0 aliphatic rings. The topological polar surface area (TPSA) is 84.0 Å². The molecule has 0 aliphatic carbocycles. The molecule has 1 aromatic heterocycles. The van der Waals surface area contributed by atoms with Crippen molar-refractivity contribution in [1.82, 2.24) is 15.3 Å².